The van der Waals surface area contributed by atoms with E-state index in [2.05, 4.69) is 5.32 Å². The van der Waals surface area contributed by atoms with Crippen LogP contribution < -0.4 is 5.32 Å². The van der Waals surface area contributed by atoms with Crippen LogP contribution >= 0.6 is 0 Å². The molecule has 1 atom stereocenters. The Morgan fingerprint density at radius 3 is 2.29 bits per heavy atom. The van der Waals surface area contributed by atoms with Crippen LogP contribution in [0.15, 0.2) is 4.42 Å². The van der Waals surface area contributed by atoms with Crippen LogP contribution in [0.25, 0.3) is 0 Å². The zero-order valence-electron chi connectivity index (χ0n) is 14.0. The topological polar surface area (TPSA) is 104 Å². The Hall–Kier alpha value is -2.35. The van der Waals surface area contributed by atoms with E-state index >= 15 is 0 Å². The third-order valence-corrected chi connectivity index (χ3v) is 3.50. The first-order valence-corrected chi connectivity index (χ1v) is 7.89. The molecule has 1 fully saturated rings. The van der Waals surface area contributed by atoms with Gasteiger partial charge in [0.2, 0.25) is 5.88 Å². The van der Waals surface area contributed by atoms with E-state index < -0.39 is 23.9 Å². The lowest BCUT2D eigenvalue weighted by Crippen LogP contribution is -2.27. The maximum absolute atomic E-state index is 12.2. The fourth-order valence-corrected chi connectivity index (χ4v) is 2.46. The summed E-state index contributed by atoms with van der Waals surface area (Å²) < 4.78 is 20.6. The normalized spacial score (nSPS) is 16.7. The molecule has 0 bridgehead atoms. The number of esters is 2. The summed E-state index contributed by atoms with van der Waals surface area (Å²) in [4.78, 5) is 36.6. The number of hydrogen-bond acceptors (Lipinski definition) is 7. The first-order chi connectivity index (χ1) is 11.5. The Kier molecular flexibility index (Phi) is 5.97. The van der Waals surface area contributed by atoms with Crippen LogP contribution in [-0.2, 0) is 19.0 Å². The van der Waals surface area contributed by atoms with Gasteiger partial charge in [0.1, 0.15) is 23.0 Å². The molecule has 0 radical (unpaired) electrons. The number of rotatable bonds is 6. The van der Waals surface area contributed by atoms with Gasteiger partial charge >= 0.3 is 11.9 Å². The molecule has 0 aromatic carbocycles. The Balaban J connectivity index is 2.35. The zero-order chi connectivity index (χ0) is 17.7. The van der Waals surface area contributed by atoms with E-state index in [-0.39, 0.29) is 36.0 Å². The Morgan fingerprint density at radius 2 is 1.75 bits per heavy atom. The lowest BCUT2D eigenvalue weighted by molar-refractivity contribution is -0.124. The molecule has 2 rings (SSSR count). The molecule has 1 aromatic rings. The summed E-state index contributed by atoms with van der Waals surface area (Å²) in [6, 6.07) is 0. The molecule has 1 aliphatic rings. The largest absolute Gasteiger partial charge is 0.462 e. The summed E-state index contributed by atoms with van der Waals surface area (Å²) in [6.45, 7) is 5.57. The molecule has 1 aromatic heterocycles. The summed E-state index contributed by atoms with van der Waals surface area (Å²) in [6.07, 6.45) is 0.774. The van der Waals surface area contributed by atoms with Gasteiger partial charge in [0.25, 0.3) is 5.91 Å². The molecule has 8 heteroatoms. The fourth-order valence-electron chi connectivity index (χ4n) is 2.46. The van der Waals surface area contributed by atoms with Gasteiger partial charge in [-0.1, -0.05) is 0 Å². The van der Waals surface area contributed by atoms with Crippen molar-refractivity contribution in [3.8, 4) is 0 Å². The lowest BCUT2D eigenvalue weighted by Gasteiger charge is -2.10. The van der Waals surface area contributed by atoms with Gasteiger partial charge in [-0.2, -0.15) is 0 Å². The summed E-state index contributed by atoms with van der Waals surface area (Å²) >= 11 is 0. The van der Waals surface area contributed by atoms with Crippen LogP contribution in [0.3, 0.4) is 0 Å². The predicted molar refractivity (Wildman–Crippen MR) is 83.0 cm³/mol. The molecule has 0 spiro atoms. The van der Waals surface area contributed by atoms with Crippen molar-refractivity contribution in [3.63, 3.8) is 0 Å². The molecule has 1 unspecified atom stereocenters. The second-order valence-electron chi connectivity index (χ2n) is 5.17. The molecule has 0 saturated carbocycles. The van der Waals surface area contributed by atoms with Crippen molar-refractivity contribution in [1.82, 2.24) is 0 Å². The standard InChI is InChI=1S/C16H21NO7/c1-4-21-15(19)11-9(3)24-14(12(11)16(20)22-5-2)17-13(18)10-7-6-8-23-10/h10H,4-8H2,1-3H3,(H,17,18). The van der Waals surface area contributed by atoms with E-state index in [1.807, 2.05) is 0 Å². The first-order valence-electron chi connectivity index (χ1n) is 7.89. The Labute approximate surface area is 139 Å². The highest BCUT2D eigenvalue weighted by molar-refractivity contribution is 6.09. The molecule has 1 amide bonds. The van der Waals surface area contributed by atoms with Crippen molar-refractivity contribution in [2.45, 2.75) is 39.7 Å². The van der Waals surface area contributed by atoms with E-state index in [9.17, 15) is 14.4 Å². The fraction of sp³-hybridized carbons (Fsp3) is 0.562. The van der Waals surface area contributed by atoms with Crippen molar-refractivity contribution in [2.75, 3.05) is 25.1 Å². The number of anilines is 1. The summed E-state index contributed by atoms with van der Waals surface area (Å²) in [5, 5.41) is 2.51. The van der Waals surface area contributed by atoms with Crippen molar-refractivity contribution in [2.24, 2.45) is 0 Å². The zero-order valence-corrected chi connectivity index (χ0v) is 14.0. The molecular weight excluding hydrogens is 318 g/mol. The quantitative estimate of drug-likeness (QED) is 0.791. The minimum Gasteiger partial charge on any atom is -0.462 e. The van der Waals surface area contributed by atoms with E-state index in [0.717, 1.165) is 6.42 Å². The number of ether oxygens (including phenoxy) is 3. The SMILES string of the molecule is CCOC(=O)c1c(C)oc(NC(=O)C2CCCO2)c1C(=O)OCC. The highest BCUT2D eigenvalue weighted by atomic mass is 16.5. The molecular formula is C16H21NO7. The maximum Gasteiger partial charge on any atom is 0.344 e. The maximum atomic E-state index is 12.2. The minimum absolute atomic E-state index is 0.0436. The van der Waals surface area contributed by atoms with Crippen molar-refractivity contribution < 1.29 is 33.0 Å². The van der Waals surface area contributed by atoms with Crippen LogP contribution in [0.5, 0.6) is 0 Å². The lowest BCUT2D eigenvalue weighted by atomic mass is 10.1. The van der Waals surface area contributed by atoms with E-state index in [1.54, 1.807) is 13.8 Å². The number of aryl methyl sites for hydroxylation is 1. The Morgan fingerprint density at radius 1 is 1.12 bits per heavy atom. The smallest absolute Gasteiger partial charge is 0.344 e. The van der Waals surface area contributed by atoms with Gasteiger partial charge in [-0.05, 0) is 33.6 Å². The number of carbonyl (C=O) groups excluding carboxylic acids is 3. The summed E-state index contributed by atoms with van der Waals surface area (Å²) in [5.74, 6) is -1.87. The average molecular weight is 339 g/mol. The first kappa shape index (κ1) is 18.0. The van der Waals surface area contributed by atoms with Gasteiger partial charge < -0.3 is 18.6 Å². The molecule has 2 heterocycles. The van der Waals surface area contributed by atoms with E-state index in [1.165, 1.54) is 6.92 Å². The van der Waals surface area contributed by atoms with Crippen molar-refractivity contribution in [1.29, 1.82) is 0 Å². The molecule has 1 aliphatic heterocycles. The molecule has 1 N–H and O–H groups in total. The third-order valence-electron chi connectivity index (χ3n) is 3.50. The van der Waals surface area contributed by atoms with Crippen molar-refractivity contribution in [3.05, 3.63) is 16.9 Å². The molecule has 8 nitrogen and oxygen atoms in total. The highest BCUT2D eigenvalue weighted by Crippen LogP contribution is 2.29. The van der Waals surface area contributed by atoms with Crippen LogP contribution in [0, 0.1) is 6.92 Å². The van der Waals surface area contributed by atoms with Gasteiger partial charge in [-0.15, -0.1) is 0 Å². The van der Waals surface area contributed by atoms with E-state index in [4.69, 9.17) is 18.6 Å². The van der Waals surface area contributed by atoms with Gasteiger partial charge in [-0.3, -0.25) is 10.1 Å². The minimum atomic E-state index is -0.764. The third kappa shape index (κ3) is 3.76. The highest BCUT2D eigenvalue weighted by Gasteiger charge is 2.33. The monoisotopic (exact) mass is 339 g/mol. The number of hydrogen-bond donors (Lipinski definition) is 1. The van der Waals surface area contributed by atoms with E-state index in [0.29, 0.717) is 13.0 Å². The second kappa shape index (κ2) is 7.96. The summed E-state index contributed by atoms with van der Waals surface area (Å²) in [5.41, 5.74) is -0.183. The molecule has 24 heavy (non-hydrogen) atoms. The van der Waals surface area contributed by atoms with Crippen LogP contribution in [-0.4, -0.2) is 43.8 Å². The van der Waals surface area contributed by atoms with Crippen LogP contribution in [0.4, 0.5) is 5.88 Å². The second-order valence-corrected chi connectivity index (χ2v) is 5.17. The van der Waals surface area contributed by atoms with Crippen molar-refractivity contribution >= 4 is 23.7 Å². The molecule has 0 aliphatic carbocycles. The average Bonchev–Trinajstić information content (AvgIpc) is 3.15. The number of nitrogens with one attached hydrogen (secondary N) is 1. The number of carbonyl (C=O) groups is 3. The van der Waals surface area contributed by atoms with Gasteiger partial charge in [0, 0.05) is 6.61 Å². The Bertz CT molecular complexity index is 629. The number of furan rings is 1. The van der Waals surface area contributed by atoms with Gasteiger partial charge in [0.05, 0.1) is 13.2 Å². The van der Waals surface area contributed by atoms with Crippen LogP contribution in [0.1, 0.15) is 53.2 Å². The van der Waals surface area contributed by atoms with Crippen LogP contribution in [0.2, 0.25) is 0 Å². The predicted octanol–water partition coefficient (Wildman–Crippen LogP) is 2.06. The van der Waals surface area contributed by atoms with Gasteiger partial charge in [-0.25, -0.2) is 9.59 Å². The van der Waals surface area contributed by atoms with Gasteiger partial charge in [0.15, 0.2) is 0 Å². The molecule has 132 valence electrons. The number of amides is 1. The summed E-state index contributed by atoms with van der Waals surface area (Å²) in [7, 11) is 0. The molecule has 1 saturated heterocycles.